The summed E-state index contributed by atoms with van der Waals surface area (Å²) in [6, 6.07) is 12.9. The van der Waals surface area contributed by atoms with E-state index in [1.54, 1.807) is 36.4 Å². The molecule has 1 amide bonds. The number of nitrogen functional groups attached to an aromatic ring is 1. The molecule has 0 bridgehead atoms. The second kappa shape index (κ2) is 9.60. The molecule has 0 aliphatic heterocycles. The predicted molar refractivity (Wildman–Crippen MR) is 116 cm³/mol. The maximum atomic E-state index is 12.9. The zero-order valence-electron chi connectivity index (χ0n) is 17.7. The van der Waals surface area contributed by atoms with Gasteiger partial charge in [-0.3, -0.25) is 4.79 Å². The molecule has 0 spiro atoms. The van der Waals surface area contributed by atoms with E-state index in [2.05, 4.69) is 35.8 Å². The van der Waals surface area contributed by atoms with E-state index in [0.29, 0.717) is 17.9 Å². The first-order valence-corrected chi connectivity index (χ1v) is 9.90. The number of hydrogen-bond acceptors (Lipinski definition) is 11. The van der Waals surface area contributed by atoms with E-state index < -0.39 is 11.9 Å². The molecule has 2 heterocycles. The van der Waals surface area contributed by atoms with Gasteiger partial charge in [0, 0.05) is 16.7 Å². The number of anilines is 1. The Morgan fingerprint density at radius 2 is 1.97 bits per heavy atom. The van der Waals surface area contributed by atoms with Crippen LogP contribution in [0.15, 0.2) is 58.3 Å². The number of ether oxygens (including phenoxy) is 1. The molecule has 172 valence electrons. The Kier molecular flexibility index (Phi) is 6.25. The van der Waals surface area contributed by atoms with Crippen molar-refractivity contribution in [3.8, 4) is 22.8 Å². The third kappa shape index (κ3) is 4.43. The number of rotatable bonds is 8. The monoisotopic (exact) mass is 461 g/mol. The number of amides is 1. The number of nitrogens with one attached hydrogen (secondary N) is 1. The van der Waals surface area contributed by atoms with Crippen LogP contribution in [-0.2, 0) is 0 Å². The van der Waals surface area contributed by atoms with Crippen molar-refractivity contribution in [2.24, 2.45) is 5.10 Å². The summed E-state index contributed by atoms with van der Waals surface area (Å²) in [4.78, 5) is 24.1. The Bertz CT molecular complexity index is 1360. The topological polar surface area (TPSA) is 186 Å². The molecule has 0 fully saturated rings. The second-order valence-corrected chi connectivity index (χ2v) is 6.70. The Morgan fingerprint density at radius 1 is 1.21 bits per heavy atom. The number of nitrogens with two attached hydrogens (primary N) is 1. The Morgan fingerprint density at radius 3 is 2.65 bits per heavy atom. The molecule has 4 aromatic rings. The average molecular weight is 461 g/mol. The molecule has 0 saturated carbocycles. The molecule has 0 atom stereocenters. The lowest BCUT2D eigenvalue weighted by Gasteiger charge is -2.08. The van der Waals surface area contributed by atoms with Crippen LogP contribution in [0.1, 0.15) is 33.3 Å². The Balaban J connectivity index is 1.68. The summed E-state index contributed by atoms with van der Waals surface area (Å²) in [5.74, 6) is -1.46. The molecular weight excluding hydrogens is 444 g/mol. The van der Waals surface area contributed by atoms with Crippen LogP contribution < -0.4 is 21.0 Å². The zero-order chi connectivity index (χ0) is 24.1. The summed E-state index contributed by atoms with van der Waals surface area (Å²) in [5.41, 5.74) is 8.98. The van der Waals surface area contributed by atoms with Crippen molar-refractivity contribution >= 4 is 23.9 Å². The van der Waals surface area contributed by atoms with Gasteiger partial charge in [0.25, 0.3) is 5.91 Å². The molecule has 0 saturated heterocycles. The van der Waals surface area contributed by atoms with Gasteiger partial charge in [-0.1, -0.05) is 29.5 Å². The SMILES string of the molecule is CCOc1ccc(-c2c(C(=O)NN=Cc3ccccc3C(=O)[O-])nnn2-c2nonc2N)cc1. The summed E-state index contributed by atoms with van der Waals surface area (Å²) < 4.78 is 11.3. The average Bonchev–Trinajstić information content (AvgIpc) is 3.46. The van der Waals surface area contributed by atoms with Crippen molar-refractivity contribution in [2.75, 3.05) is 12.3 Å². The quantitative estimate of drug-likeness (QED) is 0.275. The molecule has 13 nitrogen and oxygen atoms in total. The summed E-state index contributed by atoms with van der Waals surface area (Å²) in [7, 11) is 0. The van der Waals surface area contributed by atoms with E-state index in [0.717, 1.165) is 0 Å². The van der Waals surface area contributed by atoms with E-state index in [1.807, 2.05) is 6.92 Å². The molecule has 0 aliphatic carbocycles. The molecule has 2 aromatic carbocycles. The van der Waals surface area contributed by atoms with Gasteiger partial charge in [0.15, 0.2) is 5.69 Å². The number of nitrogens with zero attached hydrogens (tertiary/aromatic N) is 6. The van der Waals surface area contributed by atoms with Gasteiger partial charge in [0.05, 0.1) is 18.8 Å². The first-order chi connectivity index (χ1) is 16.5. The first kappa shape index (κ1) is 22.1. The van der Waals surface area contributed by atoms with Crippen LogP contribution >= 0.6 is 0 Å². The molecule has 0 aliphatic rings. The van der Waals surface area contributed by atoms with Crippen molar-refractivity contribution in [1.82, 2.24) is 30.7 Å². The van der Waals surface area contributed by atoms with Gasteiger partial charge >= 0.3 is 0 Å². The summed E-state index contributed by atoms with van der Waals surface area (Å²) >= 11 is 0. The number of hydrazone groups is 1. The van der Waals surface area contributed by atoms with Gasteiger partial charge < -0.3 is 20.4 Å². The van der Waals surface area contributed by atoms with Crippen LogP contribution in [0.5, 0.6) is 5.75 Å². The van der Waals surface area contributed by atoms with Crippen molar-refractivity contribution in [2.45, 2.75) is 6.92 Å². The van der Waals surface area contributed by atoms with Crippen molar-refractivity contribution in [3.05, 3.63) is 65.4 Å². The second-order valence-electron chi connectivity index (χ2n) is 6.70. The van der Waals surface area contributed by atoms with Gasteiger partial charge in [-0.25, -0.2) is 10.1 Å². The molecule has 34 heavy (non-hydrogen) atoms. The third-order valence-electron chi connectivity index (χ3n) is 4.57. The molecule has 2 aromatic heterocycles. The zero-order valence-corrected chi connectivity index (χ0v) is 17.7. The summed E-state index contributed by atoms with van der Waals surface area (Å²) in [5, 5.41) is 30.2. The fourth-order valence-electron chi connectivity index (χ4n) is 3.06. The normalized spacial score (nSPS) is 11.0. The molecular formula is C21H17N8O5-. The minimum Gasteiger partial charge on any atom is -0.545 e. The van der Waals surface area contributed by atoms with Gasteiger partial charge in [-0.2, -0.15) is 9.78 Å². The minimum absolute atomic E-state index is 0.0434. The van der Waals surface area contributed by atoms with Crippen LogP contribution in [0.4, 0.5) is 5.82 Å². The Hall–Kier alpha value is -5.07. The number of benzene rings is 2. The molecule has 0 unspecified atom stereocenters. The number of aromatic nitrogens is 5. The first-order valence-electron chi connectivity index (χ1n) is 9.90. The number of carbonyl (C=O) groups excluding carboxylic acids is 2. The minimum atomic E-state index is -1.37. The fraction of sp³-hybridized carbons (Fsp3) is 0.0952. The lowest BCUT2D eigenvalue weighted by Crippen LogP contribution is -2.24. The smallest absolute Gasteiger partial charge is 0.294 e. The highest BCUT2D eigenvalue weighted by molar-refractivity contribution is 6.00. The maximum absolute atomic E-state index is 12.9. The van der Waals surface area contributed by atoms with Crippen molar-refractivity contribution in [1.29, 1.82) is 0 Å². The van der Waals surface area contributed by atoms with Crippen LogP contribution in [-0.4, -0.2) is 50.0 Å². The lowest BCUT2D eigenvalue weighted by molar-refractivity contribution is -0.255. The van der Waals surface area contributed by atoms with Crippen LogP contribution in [0.2, 0.25) is 0 Å². The van der Waals surface area contributed by atoms with Crippen molar-refractivity contribution < 1.29 is 24.1 Å². The highest BCUT2D eigenvalue weighted by atomic mass is 16.6. The standard InChI is InChI=1S/C21H18N8O5/c1-2-33-14-9-7-12(8-10-14)17-16(24-28-29(17)19-18(22)26-34-27-19)20(30)25-23-11-13-5-3-4-6-15(13)21(31)32/h3-11H,2H2,1H3,(H2,22,26)(H,25,30)(H,31,32)/p-1. The highest BCUT2D eigenvalue weighted by Crippen LogP contribution is 2.28. The van der Waals surface area contributed by atoms with E-state index in [4.69, 9.17) is 10.5 Å². The van der Waals surface area contributed by atoms with Crippen LogP contribution in [0.3, 0.4) is 0 Å². The Labute approximate surface area is 191 Å². The summed E-state index contributed by atoms with van der Waals surface area (Å²) in [6.07, 6.45) is 1.18. The van der Waals surface area contributed by atoms with E-state index in [9.17, 15) is 14.7 Å². The van der Waals surface area contributed by atoms with Gasteiger partial charge in [-0.15, -0.1) is 5.10 Å². The maximum Gasteiger partial charge on any atom is 0.294 e. The van der Waals surface area contributed by atoms with E-state index in [1.165, 1.54) is 23.0 Å². The van der Waals surface area contributed by atoms with Crippen molar-refractivity contribution in [3.63, 3.8) is 0 Å². The third-order valence-corrected chi connectivity index (χ3v) is 4.57. The highest BCUT2D eigenvalue weighted by Gasteiger charge is 2.25. The number of carboxylic acids is 1. The fourth-order valence-corrected chi connectivity index (χ4v) is 3.06. The number of carboxylic acid groups (broad SMARTS) is 1. The van der Waals surface area contributed by atoms with E-state index in [-0.39, 0.29) is 34.2 Å². The lowest BCUT2D eigenvalue weighted by atomic mass is 10.1. The van der Waals surface area contributed by atoms with Gasteiger partial charge in [-0.05, 0) is 41.5 Å². The van der Waals surface area contributed by atoms with Gasteiger partial charge in [0.2, 0.25) is 11.6 Å². The van der Waals surface area contributed by atoms with Crippen LogP contribution in [0.25, 0.3) is 17.1 Å². The largest absolute Gasteiger partial charge is 0.545 e. The van der Waals surface area contributed by atoms with E-state index >= 15 is 0 Å². The number of hydrogen-bond donors (Lipinski definition) is 2. The molecule has 3 N–H and O–H groups in total. The molecule has 0 radical (unpaired) electrons. The summed E-state index contributed by atoms with van der Waals surface area (Å²) in [6.45, 7) is 2.36. The predicted octanol–water partition coefficient (Wildman–Crippen LogP) is 0.426. The van der Waals surface area contributed by atoms with Crippen LogP contribution in [0, 0.1) is 0 Å². The number of carbonyl (C=O) groups is 2. The van der Waals surface area contributed by atoms with Gasteiger partial charge in [0.1, 0.15) is 11.4 Å². The molecule has 4 rings (SSSR count). The molecule has 13 heteroatoms. The number of aromatic carboxylic acids is 1.